The zero-order chi connectivity index (χ0) is 16.7. The first kappa shape index (κ1) is 16.9. The molecule has 1 aromatic rings. The summed E-state index contributed by atoms with van der Waals surface area (Å²) in [5.74, 6) is -1.55. The van der Waals surface area contributed by atoms with Gasteiger partial charge in [-0.1, -0.05) is 12.2 Å². The van der Waals surface area contributed by atoms with Crippen molar-refractivity contribution in [2.24, 2.45) is 0 Å². The lowest BCUT2D eigenvalue weighted by molar-refractivity contribution is 0.0449. The lowest BCUT2D eigenvalue weighted by atomic mass is 10.1. The lowest BCUT2D eigenvalue weighted by Crippen LogP contribution is -2.16. The molecule has 1 aliphatic rings. The van der Waals surface area contributed by atoms with E-state index in [4.69, 9.17) is 14.2 Å². The number of phenols is 1. The quantitative estimate of drug-likeness (QED) is 0.633. The summed E-state index contributed by atoms with van der Waals surface area (Å²) in [6.45, 7) is 0.443. The third-order valence-electron chi connectivity index (χ3n) is 3.41. The maximum atomic E-state index is 12.2. The third-order valence-corrected chi connectivity index (χ3v) is 3.41. The molecular weight excluding hydrogens is 300 g/mol. The molecule has 124 valence electrons. The van der Waals surface area contributed by atoms with E-state index >= 15 is 0 Å². The number of methoxy groups -OCH3 is 1. The second-order valence-electron chi connectivity index (χ2n) is 5.10. The molecule has 0 amide bonds. The first-order valence-electron chi connectivity index (χ1n) is 7.53. The Morgan fingerprint density at radius 1 is 1.00 bits per heavy atom. The van der Waals surface area contributed by atoms with Gasteiger partial charge in [-0.2, -0.15) is 0 Å². The molecule has 1 N–H and O–H groups in total. The Bertz CT molecular complexity index is 605. The van der Waals surface area contributed by atoms with Crippen LogP contribution in [0.4, 0.5) is 0 Å². The average Bonchev–Trinajstić information content (AvgIpc) is 2.54. The van der Waals surface area contributed by atoms with Crippen LogP contribution in [-0.4, -0.2) is 37.4 Å². The predicted molar refractivity (Wildman–Crippen MR) is 82.8 cm³/mol. The minimum atomic E-state index is -0.752. The topological polar surface area (TPSA) is 82.1 Å². The van der Waals surface area contributed by atoms with Gasteiger partial charge in [-0.25, -0.2) is 9.59 Å². The summed E-state index contributed by atoms with van der Waals surface area (Å²) in [6.07, 6.45) is 7.01. The summed E-state index contributed by atoms with van der Waals surface area (Å²) in [7, 11) is 1.40. The molecule has 0 saturated heterocycles. The second kappa shape index (κ2) is 8.22. The van der Waals surface area contributed by atoms with Crippen molar-refractivity contribution < 1.29 is 28.9 Å². The van der Waals surface area contributed by atoms with Gasteiger partial charge in [0.1, 0.15) is 17.1 Å². The van der Waals surface area contributed by atoms with E-state index in [1.807, 2.05) is 12.2 Å². The first-order valence-corrected chi connectivity index (χ1v) is 7.53. The van der Waals surface area contributed by atoms with Crippen molar-refractivity contribution >= 4 is 11.9 Å². The van der Waals surface area contributed by atoms with E-state index in [1.54, 1.807) is 0 Å². The van der Waals surface area contributed by atoms with Gasteiger partial charge in [0, 0.05) is 6.07 Å². The number of benzene rings is 1. The van der Waals surface area contributed by atoms with Crippen LogP contribution in [-0.2, 0) is 9.47 Å². The molecular formula is C17H20O6. The zero-order valence-corrected chi connectivity index (χ0v) is 13.0. The monoisotopic (exact) mass is 320 g/mol. The molecule has 1 heterocycles. The van der Waals surface area contributed by atoms with Gasteiger partial charge in [0.2, 0.25) is 0 Å². The standard InChI is InChI=1S/C17H20O6/c1-21-12-10-13-15(14(18)11-12)17(20)23-9-7-5-3-2-4-6-8-22-16(13)19/h2-3,10-11,18H,4-9H2,1H3/b3-2-. The van der Waals surface area contributed by atoms with Gasteiger partial charge in [-0.15, -0.1) is 0 Å². The first-order chi connectivity index (χ1) is 11.1. The van der Waals surface area contributed by atoms with E-state index in [-0.39, 0.29) is 35.8 Å². The van der Waals surface area contributed by atoms with Crippen molar-refractivity contribution in [2.75, 3.05) is 20.3 Å². The van der Waals surface area contributed by atoms with Crippen molar-refractivity contribution in [2.45, 2.75) is 25.7 Å². The van der Waals surface area contributed by atoms with Crippen LogP contribution < -0.4 is 4.74 Å². The molecule has 23 heavy (non-hydrogen) atoms. The Labute approximate surface area is 134 Å². The van der Waals surface area contributed by atoms with Gasteiger partial charge < -0.3 is 19.3 Å². The Kier molecular flexibility index (Phi) is 6.02. The molecule has 0 spiro atoms. The molecule has 1 aliphatic heterocycles. The fourth-order valence-corrected chi connectivity index (χ4v) is 2.21. The molecule has 2 rings (SSSR count). The van der Waals surface area contributed by atoms with E-state index in [2.05, 4.69) is 0 Å². The summed E-state index contributed by atoms with van der Waals surface area (Å²) in [5, 5.41) is 10.1. The molecule has 6 nitrogen and oxygen atoms in total. The number of rotatable bonds is 1. The van der Waals surface area contributed by atoms with Crippen molar-refractivity contribution in [1.82, 2.24) is 0 Å². The highest BCUT2D eigenvalue weighted by Gasteiger charge is 2.25. The molecule has 0 bridgehead atoms. The van der Waals surface area contributed by atoms with Crippen LogP contribution in [0, 0.1) is 0 Å². The minimum absolute atomic E-state index is 0.0561. The SMILES string of the molecule is COc1cc(O)c2c(c1)C(=O)OCCC/C=C\CCCOC2=O. The van der Waals surface area contributed by atoms with Gasteiger partial charge in [-0.05, 0) is 31.7 Å². The van der Waals surface area contributed by atoms with Gasteiger partial charge in [0.25, 0.3) is 0 Å². The smallest absolute Gasteiger partial charge is 0.342 e. The molecule has 6 heteroatoms. The summed E-state index contributed by atoms with van der Waals surface area (Å²) in [6, 6.07) is 2.63. The Hall–Kier alpha value is -2.50. The highest BCUT2D eigenvalue weighted by atomic mass is 16.5. The van der Waals surface area contributed by atoms with E-state index < -0.39 is 11.9 Å². The summed E-state index contributed by atoms with van der Waals surface area (Å²) < 4.78 is 15.3. The number of aromatic hydroxyl groups is 1. The average molecular weight is 320 g/mol. The third kappa shape index (κ3) is 4.48. The van der Waals surface area contributed by atoms with E-state index in [0.717, 1.165) is 12.8 Å². The highest BCUT2D eigenvalue weighted by Crippen LogP contribution is 2.29. The summed E-state index contributed by atoms with van der Waals surface area (Å²) in [4.78, 5) is 24.4. The number of carbonyl (C=O) groups excluding carboxylic acids is 2. The van der Waals surface area contributed by atoms with Crippen molar-refractivity contribution in [1.29, 1.82) is 0 Å². The maximum absolute atomic E-state index is 12.2. The molecule has 0 radical (unpaired) electrons. The normalized spacial score (nSPS) is 18.1. The number of phenolic OH excluding ortho intramolecular Hbond substituents is 1. The van der Waals surface area contributed by atoms with Gasteiger partial charge in [-0.3, -0.25) is 0 Å². The van der Waals surface area contributed by atoms with Crippen LogP contribution >= 0.6 is 0 Å². The van der Waals surface area contributed by atoms with Crippen molar-refractivity contribution in [3.63, 3.8) is 0 Å². The number of esters is 2. The number of hydrogen-bond donors (Lipinski definition) is 1. The van der Waals surface area contributed by atoms with E-state index in [0.29, 0.717) is 12.8 Å². The predicted octanol–water partition coefficient (Wildman–Crippen LogP) is 2.84. The Morgan fingerprint density at radius 2 is 1.61 bits per heavy atom. The van der Waals surface area contributed by atoms with Gasteiger partial charge >= 0.3 is 11.9 Å². The fraction of sp³-hybridized carbons (Fsp3) is 0.412. The van der Waals surface area contributed by atoms with Crippen LogP contribution in [0.2, 0.25) is 0 Å². The van der Waals surface area contributed by atoms with Crippen LogP contribution in [0.25, 0.3) is 0 Å². The molecule has 0 atom stereocenters. The van der Waals surface area contributed by atoms with Crippen LogP contribution in [0.5, 0.6) is 11.5 Å². The maximum Gasteiger partial charge on any atom is 0.342 e. The zero-order valence-electron chi connectivity index (χ0n) is 13.0. The number of hydrogen-bond acceptors (Lipinski definition) is 6. The largest absolute Gasteiger partial charge is 0.507 e. The molecule has 0 aromatic heterocycles. The van der Waals surface area contributed by atoms with Crippen LogP contribution in [0.3, 0.4) is 0 Å². The van der Waals surface area contributed by atoms with E-state index in [1.165, 1.54) is 19.2 Å². The van der Waals surface area contributed by atoms with Crippen LogP contribution in [0.15, 0.2) is 24.3 Å². The number of cyclic esters (lactones) is 2. The highest BCUT2D eigenvalue weighted by molar-refractivity contribution is 6.05. The molecule has 1 aromatic carbocycles. The Balaban J connectivity index is 2.34. The van der Waals surface area contributed by atoms with Gasteiger partial charge in [0.05, 0.1) is 25.9 Å². The molecule has 0 saturated carbocycles. The van der Waals surface area contributed by atoms with Gasteiger partial charge in [0.15, 0.2) is 0 Å². The number of fused-ring (bicyclic) bond motifs is 1. The number of carbonyl (C=O) groups is 2. The minimum Gasteiger partial charge on any atom is -0.507 e. The van der Waals surface area contributed by atoms with Crippen molar-refractivity contribution in [3.05, 3.63) is 35.4 Å². The van der Waals surface area contributed by atoms with Crippen molar-refractivity contribution in [3.8, 4) is 11.5 Å². The molecule has 0 unspecified atom stereocenters. The second-order valence-corrected chi connectivity index (χ2v) is 5.10. The molecule has 0 aliphatic carbocycles. The number of ether oxygens (including phenoxy) is 3. The van der Waals surface area contributed by atoms with Crippen LogP contribution in [0.1, 0.15) is 46.4 Å². The fourth-order valence-electron chi connectivity index (χ4n) is 2.21. The Morgan fingerprint density at radius 3 is 2.22 bits per heavy atom. The van der Waals surface area contributed by atoms with E-state index in [9.17, 15) is 14.7 Å². The summed E-state index contributed by atoms with van der Waals surface area (Å²) in [5.41, 5.74) is -0.247. The lowest BCUT2D eigenvalue weighted by Gasteiger charge is -2.13. The summed E-state index contributed by atoms with van der Waals surface area (Å²) >= 11 is 0. The molecule has 0 fully saturated rings. The number of allylic oxidation sites excluding steroid dienone is 2.